The molecule has 11 heavy (non-hydrogen) atoms. The van der Waals surface area contributed by atoms with Crippen LogP contribution in [0.2, 0.25) is 0 Å². The quantitative estimate of drug-likeness (QED) is 0.753. The molecule has 0 fully saturated rings. The third-order valence-corrected chi connectivity index (χ3v) is 2.29. The van der Waals surface area contributed by atoms with Gasteiger partial charge in [0.1, 0.15) is 0 Å². The van der Waals surface area contributed by atoms with E-state index in [1.165, 1.54) is 5.69 Å². The first kappa shape index (κ1) is 8.53. The van der Waals surface area contributed by atoms with Gasteiger partial charge < -0.3 is 5.32 Å². The van der Waals surface area contributed by atoms with E-state index in [9.17, 15) is 0 Å². The van der Waals surface area contributed by atoms with E-state index in [0.717, 1.165) is 11.6 Å². The molecule has 0 bridgehead atoms. The number of nitrogens with one attached hydrogen (secondary N) is 1. The summed E-state index contributed by atoms with van der Waals surface area (Å²) in [4.78, 5) is 4.38. The highest BCUT2D eigenvalue weighted by Crippen LogP contribution is 2.16. The summed E-state index contributed by atoms with van der Waals surface area (Å²) in [5.41, 5.74) is 1.20. The van der Waals surface area contributed by atoms with Gasteiger partial charge in [-0.2, -0.15) is 0 Å². The van der Waals surface area contributed by atoms with E-state index in [2.05, 4.69) is 29.5 Å². The molecule has 1 aromatic heterocycles. The van der Waals surface area contributed by atoms with Gasteiger partial charge in [-0.15, -0.1) is 11.3 Å². The van der Waals surface area contributed by atoms with Gasteiger partial charge in [0.2, 0.25) is 0 Å². The summed E-state index contributed by atoms with van der Waals surface area (Å²) in [6.07, 6.45) is 1.08. The second kappa shape index (κ2) is 3.72. The Morgan fingerprint density at radius 2 is 2.36 bits per heavy atom. The predicted octanol–water partition coefficient (Wildman–Crippen LogP) is 2.38. The molecule has 0 aliphatic rings. The fourth-order valence-electron chi connectivity index (χ4n) is 0.934. The van der Waals surface area contributed by atoms with Gasteiger partial charge in [0, 0.05) is 12.4 Å². The summed E-state index contributed by atoms with van der Waals surface area (Å²) in [7, 11) is 1.90. The number of nitrogens with zero attached hydrogens (tertiary/aromatic N) is 1. The highest BCUT2D eigenvalue weighted by atomic mass is 32.1. The number of hydrogen-bond donors (Lipinski definition) is 1. The summed E-state index contributed by atoms with van der Waals surface area (Å²) in [5.74, 6) is 0.696. The Balaban J connectivity index is 2.58. The van der Waals surface area contributed by atoms with Crippen molar-refractivity contribution in [3.8, 4) is 0 Å². The molecule has 0 saturated carbocycles. The zero-order chi connectivity index (χ0) is 8.27. The van der Waals surface area contributed by atoms with Crippen LogP contribution in [0.15, 0.2) is 5.38 Å². The van der Waals surface area contributed by atoms with E-state index in [0.29, 0.717) is 5.92 Å². The minimum absolute atomic E-state index is 0.696. The monoisotopic (exact) mass is 170 g/mol. The van der Waals surface area contributed by atoms with Crippen LogP contribution in [0.5, 0.6) is 0 Å². The Labute approximate surface area is 71.7 Å². The van der Waals surface area contributed by atoms with Crippen LogP contribution in [-0.2, 0) is 6.42 Å². The van der Waals surface area contributed by atoms with Crippen molar-refractivity contribution in [1.82, 2.24) is 4.98 Å². The van der Waals surface area contributed by atoms with Gasteiger partial charge in [-0.25, -0.2) is 4.98 Å². The molecule has 0 radical (unpaired) electrons. The van der Waals surface area contributed by atoms with Crippen molar-refractivity contribution in [2.24, 2.45) is 5.92 Å². The van der Waals surface area contributed by atoms with Crippen LogP contribution in [0.1, 0.15) is 19.5 Å². The Morgan fingerprint density at radius 1 is 1.64 bits per heavy atom. The fraction of sp³-hybridized carbons (Fsp3) is 0.625. The second-order valence-electron chi connectivity index (χ2n) is 2.99. The Morgan fingerprint density at radius 3 is 2.82 bits per heavy atom. The second-order valence-corrected chi connectivity index (χ2v) is 3.85. The molecular formula is C8H14N2S. The summed E-state index contributed by atoms with van der Waals surface area (Å²) >= 11 is 1.67. The van der Waals surface area contributed by atoms with Gasteiger partial charge in [-0.3, -0.25) is 0 Å². The molecule has 0 aromatic carbocycles. The highest BCUT2D eigenvalue weighted by Gasteiger charge is 2.01. The average molecular weight is 170 g/mol. The minimum Gasteiger partial charge on any atom is -0.365 e. The van der Waals surface area contributed by atoms with Crippen molar-refractivity contribution < 1.29 is 0 Å². The molecule has 0 spiro atoms. The summed E-state index contributed by atoms with van der Waals surface area (Å²) in [6.45, 7) is 4.41. The van der Waals surface area contributed by atoms with E-state index in [4.69, 9.17) is 0 Å². The van der Waals surface area contributed by atoms with Crippen LogP contribution in [0.25, 0.3) is 0 Å². The fourth-order valence-corrected chi connectivity index (χ4v) is 1.62. The van der Waals surface area contributed by atoms with Gasteiger partial charge in [0.25, 0.3) is 0 Å². The maximum atomic E-state index is 4.38. The van der Waals surface area contributed by atoms with Crippen LogP contribution in [0, 0.1) is 5.92 Å². The molecule has 0 atom stereocenters. The smallest absolute Gasteiger partial charge is 0.182 e. The minimum atomic E-state index is 0.696. The first-order valence-corrected chi connectivity index (χ1v) is 4.72. The molecule has 1 N–H and O–H groups in total. The molecule has 1 aromatic rings. The number of rotatable bonds is 3. The van der Waals surface area contributed by atoms with Crippen LogP contribution in [0.3, 0.4) is 0 Å². The Kier molecular flexibility index (Phi) is 2.88. The molecule has 3 heteroatoms. The van der Waals surface area contributed by atoms with Crippen LogP contribution >= 0.6 is 11.3 Å². The number of hydrogen-bond acceptors (Lipinski definition) is 3. The highest BCUT2D eigenvalue weighted by molar-refractivity contribution is 7.13. The number of anilines is 1. The van der Waals surface area contributed by atoms with E-state index in [1.54, 1.807) is 11.3 Å². The molecular weight excluding hydrogens is 156 g/mol. The Bertz CT molecular complexity index is 218. The standard InChI is InChI=1S/C8H14N2S/c1-6(2)4-7-5-11-8(9-3)10-7/h5-6H,4H2,1-3H3,(H,9,10). The average Bonchev–Trinajstić information content (AvgIpc) is 2.34. The van der Waals surface area contributed by atoms with Gasteiger partial charge in [-0.1, -0.05) is 13.8 Å². The van der Waals surface area contributed by atoms with E-state index < -0.39 is 0 Å². The van der Waals surface area contributed by atoms with Gasteiger partial charge in [-0.05, 0) is 12.3 Å². The molecule has 1 heterocycles. The summed E-state index contributed by atoms with van der Waals surface area (Å²) < 4.78 is 0. The topological polar surface area (TPSA) is 24.9 Å². The third kappa shape index (κ3) is 2.50. The third-order valence-electron chi connectivity index (χ3n) is 1.38. The van der Waals surface area contributed by atoms with Crippen molar-refractivity contribution in [1.29, 1.82) is 0 Å². The molecule has 0 amide bonds. The lowest BCUT2D eigenvalue weighted by atomic mass is 10.1. The van der Waals surface area contributed by atoms with Crippen LogP contribution < -0.4 is 5.32 Å². The first-order valence-electron chi connectivity index (χ1n) is 3.84. The lowest BCUT2D eigenvalue weighted by Gasteiger charge is -1.98. The molecule has 0 aliphatic carbocycles. The maximum absolute atomic E-state index is 4.38. The molecule has 0 unspecified atom stereocenters. The van der Waals surface area contributed by atoms with Crippen molar-refractivity contribution >= 4 is 16.5 Å². The summed E-state index contributed by atoms with van der Waals surface area (Å²) in [6, 6.07) is 0. The largest absolute Gasteiger partial charge is 0.365 e. The van der Waals surface area contributed by atoms with Crippen LogP contribution in [0.4, 0.5) is 5.13 Å². The number of thiazole rings is 1. The lowest BCUT2D eigenvalue weighted by molar-refractivity contribution is 0.638. The first-order chi connectivity index (χ1) is 5.22. The molecule has 0 saturated heterocycles. The molecule has 1 rings (SSSR count). The summed E-state index contributed by atoms with van der Waals surface area (Å²) in [5, 5.41) is 6.16. The van der Waals surface area contributed by atoms with E-state index in [-0.39, 0.29) is 0 Å². The molecule has 62 valence electrons. The van der Waals surface area contributed by atoms with E-state index in [1.807, 2.05) is 7.05 Å². The van der Waals surface area contributed by atoms with E-state index >= 15 is 0 Å². The predicted molar refractivity (Wildman–Crippen MR) is 50.2 cm³/mol. The van der Waals surface area contributed by atoms with Gasteiger partial charge >= 0.3 is 0 Å². The zero-order valence-corrected chi connectivity index (χ0v) is 8.03. The van der Waals surface area contributed by atoms with Crippen LogP contribution in [-0.4, -0.2) is 12.0 Å². The van der Waals surface area contributed by atoms with Crippen molar-refractivity contribution in [2.45, 2.75) is 20.3 Å². The Hall–Kier alpha value is -0.570. The van der Waals surface area contributed by atoms with Gasteiger partial charge in [0.15, 0.2) is 5.13 Å². The molecule has 2 nitrogen and oxygen atoms in total. The van der Waals surface area contributed by atoms with Crippen molar-refractivity contribution in [2.75, 3.05) is 12.4 Å². The lowest BCUT2D eigenvalue weighted by Crippen LogP contribution is -1.94. The zero-order valence-electron chi connectivity index (χ0n) is 7.22. The number of aromatic nitrogens is 1. The normalized spacial score (nSPS) is 10.5. The van der Waals surface area contributed by atoms with Crippen molar-refractivity contribution in [3.63, 3.8) is 0 Å². The van der Waals surface area contributed by atoms with Crippen molar-refractivity contribution in [3.05, 3.63) is 11.1 Å². The maximum Gasteiger partial charge on any atom is 0.182 e. The molecule has 0 aliphatic heterocycles. The van der Waals surface area contributed by atoms with Gasteiger partial charge in [0.05, 0.1) is 5.69 Å². The SMILES string of the molecule is CNc1nc(CC(C)C)cs1.